The molecule has 0 fully saturated rings. The van der Waals surface area contributed by atoms with Crippen LogP contribution < -0.4 is 9.81 Å². The predicted molar refractivity (Wildman–Crippen MR) is 133 cm³/mol. The molecule has 0 saturated carbocycles. The Morgan fingerprint density at radius 2 is 1.26 bits per heavy atom. The quantitative estimate of drug-likeness (QED) is 0.319. The number of hydrogen-bond acceptors (Lipinski definition) is 2. The molecule has 0 aromatic heterocycles. The number of fused-ring (bicyclic) bond motifs is 1. The van der Waals surface area contributed by atoms with Crippen LogP contribution in [0.2, 0.25) is 0 Å². The molecule has 0 amide bonds. The third kappa shape index (κ3) is 4.21. The molecule has 0 spiro atoms. The van der Waals surface area contributed by atoms with Crippen LogP contribution >= 0.6 is 0 Å². The van der Waals surface area contributed by atoms with Gasteiger partial charge in [0.2, 0.25) is 0 Å². The molecular weight excluding hydrogens is 597 g/mol. The van der Waals surface area contributed by atoms with Gasteiger partial charge >= 0.3 is 194 Å². The van der Waals surface area contributed by atoms with Crippen LogP contribution in [0, 0.1) is 6.92 Å². The number of hydrogen-bond donors (Lipinski definition) is 0. The molecule has 0 heterocycles. The second-order valence-electron chi connectivity index (χ2n) is 8.75. The Hall–Kier alpha value is -2.03. The molecule has 0 radical (unpaired) electrons. The van der Waals surface area contributed by atoms with Crippen LogP contribution in [0.5, 0.6) is 0 Å². The molecule has 0 N–H and O–H groups in total. The molecule has 0 bridgehead atoms. The van der Waals surface area contributed by atoms with Crippen LogP contribution in [0.25, 0.3) is 10.8 Å². The summed E-state index contributed by atoms with van der Waals surface area (Å²) in [5, 5.41) is 2.43. The molecule has 4 rings (SSSR count). The standard InChI is InChI=1S/C10H13O2S.C10H7.C7H7.Bi/c1-10(2,3)13(11,12)9-7-5-4-6-8-9;1-2-6-10-8-4-3-7-9(10)5-1;1-7-5-3-2-4-6-7;/h4-7H,1-3H3;1-7H;3-6H,1H3;. The van der Waals surface area contributed by atoms with Crippen molar-refractivity contribution in [2.45, 2.75) is 37.3 Å². The minimum atomic E-state index is -3.48. The molecule has 0 aliphatic heterocycles. The van der Waals surface area contributed by atoms with E-state index in [0.717, 1.165) is 3.27 Å². The molecule has 0 aliphatic carbocycles. The Labute approximate surface area is 193 Å². The summed E-state index contributed by atoms with van der Waals surface area (Å²) in [5.74, 6) is 0. The Morgan fingerprint density at radius 1 is 0.677 bits per heavy atom. The van der Waals surface area contributed by atoms with Gasteiger partial charge in [-0.3, -0.25) is 0 Å². The molecule has 4 heteroatoms. The minimum absolute atomic E-state index is 0.494. The normalized spacial score (nSPS) is 12.4. The summed E-state index contributed by atoms with van der Waals surface area (Å²) in [6.45, 7) is 7.44. The zero-order valence-electron chi connectivity index (χ0n) is 18.3. The van der Waals surface area contributed by atoms with E-state index in [1.807, 2.05) is 12.1 Å². The van der Waals surface area contributed by atoms with Gasteiger partial charge in [0.15, 0.2) is 0 Å². The Morgan fingerprint density at radius 3 is 1.97 bits per heavy atom. The van der Waals surface area contributed by atoms with E-state index in [-0.39, 0.29) is 0 Å². The summed E-state index contributed by atoms with van der Waals surface area (Å²) in [7, 11) is -3.48. The third-order valence-electron chi connectivity index (χ3n) is 5.50. The maximum atomic E-state index is 13.6. The molecule has 158 valence electrons. The van der Waals surface area contributed by atoms with Gasteiger partial charge < -0.3 is 0 Å². The van der Waals surface area contributed by atoms with Gasteiger partial charge in [-0.25, -0.2) is 0 Å². The van der Waals surface area contributed by atoms with Crippen LogP contribution in [-0.4, -0.2) is 34.9 Å². The van der Waals surface area contributed by atoms with Gasteiger partial charge in [-0.1, -0.05) is 0 Å². The molecule has 0 unspecified atom stereocenters. The predicted octanol–water partition coefficient (Wildman–Crippen LogP) is 4.24. The van der Waals surface area contributed by atoms with Crippen LogP contribution in [0.15, 0.2) is 95.9 Å². The van der Waals surface area contributed by atoms with Crippen molar-refractivity contribution in [1.82, 2.24) is 0 Å². The number of rotatable bonds is 4. The second-order valence-corrected chi connectivity index (χ2v) is 19.8. The summed E-state index contributed by atoms with van der Waals surface area (Å²) in [6, 6.07) is 31.3. The van der Waals surface area contributed by atoms with Gasteiger partial charge in [-0.15, -0.1) is 0 Å². The Balaban J connectivity index is 2.06. The molecule has 2 nitrogen and oxygen atoms in total. The first-order valence-electron chi connectivity index (χ1n) is 10.4. The Bertz CT molecular complexity index is 1330. The van der Waals surface area contributed by atoms with E-state index in [2.05, 4.69) is 79.7 Å². The average molecular weight is 625 g/mol. The van der Waals surface area contributed by atoms with Crippen molar-refractivity contribution in [1.29, 1.82) is 0 Å². The number of benzene rings is 4. The van der Waals surface area contributed by atoms with Gasteiger partial charge in [0.05, 0.1) is 0 Å². The summed E-state index contributed by atoms with van der Waals surface area (Å²) in [6.07, 6.45) is 0. The second kappa shape index (κ2) is 8.49. The topological polar surface area (TPSA) is 34.1 Å². The van der Waals surface area contributed by atoms with Crippen molar-refractivity contribution in [3.05, 3.63) is 96.6 Å². The van der Waals surface area contributed by atoms with Crippen LogP contribution in [-0.2, 0) is 9.84 Å². The summed E-state index contributed by atoms with van der Waals surface area (Å²) in [5.41, 5.74) is 1.21. The van der Waals surface area contributed by atoms with Crippen LogP contribution in [0.3, 0.4) is 0 Å². The Kier molecular flexibility index (Phi) is 6.07. The van der Waals surface area contributed by atoms with Crippen molar-refractivity contribution in [2.24, 2.45) is 0 Å². The van der Waals surface area contributed by atoms with Crippen molar-refractivity contribution in [3.8, 4) is 0 Å². The molecular formula is C27H27BiO2S. The zero-order valence-corrected chi connectivity index (χ0v) is 22.6. The van der Waals surface area contributed by atoms with Gasteiger partial charge in [0.25, 0.3) is 0 Å². The van der Waals surface area contributed by atoms with Gasteiger partial charge in [0, 0.05) is 0 Å². The van der Waals surface area contributed by atoms with E-state index in [1.165, 1.54) is 22.9 Å². The van der Waals surface area contributed by atoms with Gasteiger partial charge in [-0.05, 0) is 0 Å². The fourth-order valence-electron chi connectivity index (χ4n) is 3.70. The average Bonchev–Trinajstić information content (AvgIpc) is 2.75. The van der Waals surface area contributed by atoms with E-state index >= 15 is 0 Å². The van der Waals surface area contributed by atoms with E-state index in [1.54, 1.807) is 26.8 Å². The van der Waals surface area contributed by atoms with Crippen LogP contribution in [0.1, 0.15) is 26.3 Å². The number of aryl methyl sites for hydroxylation is 1. The molecule has 4 aromatic rings. The molecule has 0 aliphatic rings. The van der Waals surface area contributed by atoms with Crippen molar-refractivity contribution < 1.29 is 8.42 Å². The van der Waals surface area contributed by atoms with Crippen molar-refractivity contribution in [2.75, 3.05) is 0 Å². The molecule has 4 aromatic carbocycles. The molecule has 0 atom stereocenters. The monoisotopic (exact) mass is 624 g/mol. The fourth-order valence-corrected chi connectivity index (χ4v) is 16.8. The first-order chi connectivity index (χ1) is 14.7. The summed E-state index contributed by atoms with van der Waals surface area (Å²) in [4.78, 5) is 0.494. The maximum absolute atomic E-state index is 13.6. The third-order valence-corrected chi connectivity index (χ3v) is 18.6. The first-order valence-corrected chi connectivity index (χ1v) is 17.1. The van der Waals surface area contributed by atoms with E-state index in [4.69, 9.17) is 0 Å². The molecule has 31 heavy (non-hydrogen) atoms. The van der Waals surface area contributed by atoms with Crippen LogP contribution in [0.4, 0.5) is 0 Å². The van der Waals surface area contributed by atoms with Crippen molar-refractivity contribution in [3.63, 3.8) is 0 Å². The number of sulfone groups is 1. The van der Waals surface area contributed by atoms with Gasteiger partial charge in [-0.2, -0.15) is 0 Å². The zero-order chi connectivity index (χ0) is 22.2. The summed E-state index contributed by atoms with van der Waals surface area (Å²) < 4.78 is 29.9. The van der Waals surface area contributed by atoms with E-state index in [0.29, 0.717) is 4.90 Å². The SMILES string of the molecule is Cc1cc[c]([Bi]([c]2ccccc2S(=O)(=O)C(C)(C)C)[c]2cccc3ccccc23)cc1. The summed E-state index contributed by atoms with van der Waals surface area (Å²) >= 11 is -2.94. The fraction of sp³-hybridized carbons (Fsp3) is 0.185. The van der Waals surface area contributed by atoms with Gasteiger partial charge in [0.1, 0.15) is 0 Å². The first kappa shape index (κ1) is 22.2. The van der Waals surface area contributed by atoms with E-state index in [9.17, 15) is 8.42 Å². The molecule has 0 saturated heterocycles. The van der Waals surface area contributed by atoms with E-state index < -0.39 is 36.3 Å². The van der Waals surface area contributed by atoms with Crippen molar-refractivity contribution >= 4 is 52.2 Å².